The molecule has 49 heavy (non-hydrogen) atoms. The summed E-state index contributed by atoms with van der Waals surface area (Å²) in [7, 11) is 3.90. The van der Waals surface area contributed by atoms with Crippen molar-refractivity contribution in [3.63, 3.8) is 0 Å². The Morgan fingerprint density at radius 2 is 0.959 bits per heavy atom. The lowest BCUT2D eigenvalue weighted by atomic mass is 9.63. The maximum Gasteiger partial charge on any atom is 0.311 e. The van der Waals surface area contributed by atoms with Crippen LogP contribution in [0.25, 0.3) is 20.2 Å². The Kier molecular flexibility index (Phi) is 12.8. The molecule has 4 aromatic rings. The Bertz CT molecular complexity index is 1600. The number of carbonyl (C=O) groups is 2. The Labute approximate surface area is 302 Å². The fraction of sp³-hybridized carbons (Fsp3) is 0.561. The predicted molar refractivity (Wildman–Crippen MR) is 208 cm³/mol. The van der Waals surface area contributed by atoms with Crippen molar-refractivity contribution in [2.75, 3.05) is 27.2 Å². The Hall–Kier alpha value is -2.78. The van der Waals surface area contributed by atoms with Crippen LogP contribution in [0.3, 0.4) is 0 Å². The fourth-order valence-electron chi connectivity index (χ4n) is 8.53. The summed E-state index contributed by atoms with van der Waals surface area (Å²) in [6, 6.07) is 11.9. The first-order valence-corrected chi connectivity index (χ1v) is 19.4. The van der Waals surface area contributed by atoms with Gasteiger partial charge in [-0.3, -0.25) is 9.59 Å². The number of carbonyl (C=O) groups excluding carboxylic acids is 2. The maximum atomic E-state index is 13.4. The van der Waals surface area contributed by atoms with Gasteiger partial charge in [-0.2, -0.15) is 0 Å². The lowest BCUT2D eigenvalue weighted by Gasteiger charge is -2.42. The van der Waals surface area contributed by atoms with Crippen LogP contribution < -0.4 is 20.1 Å². The van der Waals surface area contributed by atoms with Gasteiger partial charge in [-0.05, 0) is 127 Å². The number of hydrogen-bond donors (Lipinski definition) is 2. The van der Waals surface area contributed by atoms with Crippen LogP contribution in [0.15, 0.2) is 47.2 Å². The smallest absolute Gasteiger partial charge is 0.311 e. The van der Waals surface area contributed by atoms with Gasteiger partial charge in [0, 0.05) is 20.2 Å². The molecule has 6 nitrogen and oxygen atoms in total. The molecule has 0 aliphatic heterocycles. The minimum absolute atomic E-state index is 0.0318. The van der Waals surface area contributed by atoms with Gasteiger partial charge in [-0.1, -0.05) is 67.5 Å². The molecule has 0 bridgehead atoms. The van der Waals surface area contributed by atoms with E-state index in [2.05, 4.69) is 88.9 Å². The minimum Gasteiger partial charge on any atom is -0.426 e. The van der Waals surface area contributed by atoms with E-state index in [1.807, 2.05) is 38.4 Å². The normalized spacial score (nSPS) is 12.9. The van der Waals surface area contributed by atoms with E-state index in [0.29, 0.717) is 24.3 Å². The van der Waals surface area contributed by atoms with E-state index in [1.54, 1.807) is 22.7 Å². The molecule has 0 radical (unpaired) electrons. The van der Waals surface area contributed by atoms with Crippen LogP contribution >= 0.6 is 22.7 Å². The SMILES string of the molecule is CNCCc1csc2cccc(OC(=O)CC(C)(C)CC(C)(C)CC(C)(C)CC(C)(C)CC(=O)Oc3cccc4scc(CCNC)c34)c12. The number of ether oxygens (including phenoxy) is 2. The number of fused-ring (bicyclic) bond motifs is 2. The molecule has 2 aromatic carbocycles. The highest BCUT2D eigenvalue weighted by atomic mass is 32.1. The largest absolute Gasteiger partial charge is 0.426 e. The van der Waals surface area contributed by atoms with Crippen LogP contribution in [-0.2, 0) is 22.4 Å². The van der Waals surface area contributed by atoms with E-state index >= 15 is 0 Å². The summed E-state index contributed by atoms with van der Waals surface area (Å²) in [6.07, 6.45) is 5.17. The quantitative estimate of drug-likeness (QED) is 0.0792. The molecular weight excluding hydrogens is 649 g/mol. The number of rotatable bonds is 18. The van der Waals surface area contributed by atoms with E-state index in [1.165, 1.54) is 11.1 Å². The molecule has 8 heteroatoms. The van der Waals surface area contributed by atoms with Crippen molar-refractivity contribution < 1.29 is 19.1 Å². The van der Waals surface area contributed by atoms with Crippen LogP contribution in [-0.4, -0.2) is 39.1 Å². The van der Waals surface area contributed by atoms with Crippen LogP contribution in [0.2, 0.25) is 0 Å². The zero-order chi connectivity index (χ0) is 36.0. The van der Waals surface area contributed by atoms with Crippen molar-refractivity contribution in [1.82, 2.24) is 10.6 Å². The van der Waals surface area contributed by atoms with Gasteiger partial charge in [0.1, 0.15) is 11.5 Å². The summed E-state index contributed by atoms with van der Waals surface area (Å²) in [4.78, 5) is 26.7. The van der Waals surface area contributed by atoms with Crippen LogP contribution in [0, 0.1) is 21.7 Å². The second kappa shape index (κ2) is 16.1. The second-order valence-corrected chi connectivity index (χ2v) is 18.8. The van der Waals surface area contributed by atoms with Crippen LogP contribution in [0.5, 0.6) is 11.5 Å². The van der Waals surface area contributed by atoms with Crippen molar-refractivity contribution in [3.8, 4) is 11.5 Å². The minimum atomic E-state index is -0.248. The summed E-state index contributed by atoms with van der Waals surface area (Å²) in [5, 5.41) is 12.9. The first-order valence-electron chi connectivity index (χ1n) is 17.6. The zero-order valence-corrected chi connectivity index (χ0v) is 33.1. The third-order valence-corrected chi connectivity index (χ3v) is 11.1. The van der Waals surface area contributed by atoms with Crippen molar-refractivity contribution in [2.24, 2.45) is 21.7 Å². The Morgan fingerprint density at radius 1 is 0.592 bits per heavy atom. The highest BCUT2D eigenvalue weighted by molar-refractivity contribution is 7.17. The van der Waals surface area contributed by atoms with E-state index in [0.717, 1.165) is 65.4 Å². The third kappa shape index (κ3) is 11.1. The maximum absolute atomic E-state index is 13.4. The van der Waals surface area contributed by atoms with Gasteiger partial charge in [0.15, 0.2) is 0 Å². The molecule has 0 saturated carbocycles. The number of likely N-dealkylation sites (N-methyl/N-ethyl adjacent to an activating group) is 2. The standard InChI is InChI=1S/C41H58N2O4S2/c1-38(2,21-34(44)46-30-13-11-15-32-36(30)28(23-48-32)17-19-42-9)25-40(5,6)27-41(7,8)26-39(3,4)22-35(45)47-31-14-12-16-33-37(31)29(24-49-33)18-20-43-10/h11-16,23-24,42-43H,17-22,25-27H2,1-10H3. The Morgan fingerprint density at radius 3 is 1.33 bits per heavy atom. The zero-order valence-electron chi connectivity index (χ0n) is 31.4. The first-order chi connectivity index (χ1) is 22.9. The van der Waals surface area contributed by atoms with Crippen molar-refractivity contribution in [3.05, 3.63) is 58.3 Å². The summed E-state index contributed by atoms with van der Waals surface area (Å²) in [5.74, 6) is 0.941. The molecule has 0 aliphatic carbocycles. The molecular formula is C41H58N2O4S2. The van der Waals surface area contributed by atoms with Gasteiger partial charge in [0.2, 0.25) is 0 Å². The van der Waals surface area contributed by atoms with E-state index < -0.39 is 0 Å². The summed E-state index contributed by atoms with van der Waals surface area (Å²) >= 11 is 3.39. The number of benzene rings is 2. The van der Waals surface area contributed by atoms with Crippen molar-refractivity contribution in [1.29, 1.82) is 0 Å². The molecule has 268 valence electrons. The van der Waals surface area contributed by atoms with E-state index in [9.17, 15) is 9.59 Å². The highest BCUT2D eigenvalue weighted by Crippen LogP contribution is 2.48. The molecule has 2 aromatic heterocycles. The molecule has 0 spiro atoms. The van der Waals surface area contributed by atoms with Crippen LogP contribution in [0.4, 0.5) is 0 Å². The lowest BCUT2D eigenvalue weighted by Crippen LogP contribution is -2.33. The molecule has 0 unspecified atom stereocenters. The summed E-state index contributed by atoms with van der Waals surface area (Å²) < 4.78 is 14.4. The summed E-state index contributed by atoms with van der Waals surface area (Å²) in [6.45, 7) is 19.6. The number of esters is 2. The van der Waals surface area contributed by atoms with Crippen LogP contribution in [0.1, 0.15) is 98.6 Å². The van der Waals surface area contributed by atoms with Gasteiger partial charge in [0.05, 0.1) is 12.8 Å². The first kappa shape index (κ1) is 39.0. The van der Waals surface area contributed by atoms with Gasteiger partial charge in [0.25, 0.3) is 0 Å². The molecule has 0 saturated heterocycles. The average Bonchev–Trinajstić information content (AvgIpc) is 3.57. The molecule has 2 heterocycles. The number of hydrogen-bond acceptors (Lipinski definition) is 8. The van der Waals surface area contributed by atoms with Crippen molar-refractivity contribution >= 4 is 54.8 Å². The van der Waals surface area contributed by atoms with Gasteiger partial charge in [-0.25, -0.2) is 0 Å². The lowest BCUT2D eigenvalue weighted by molar-refractivity contribution is -0.137. The predicted octanol–water partition coefficient (Wildman–Crippen LogP) is 10.2. The van der Waals surface area contributed by atoms with Crippen molar-refractivity contribution in [2.45, 2.75) is 100 Å². The monoisotopic (exact) mass is 706 g/mol. The molecule has 0 atom stereocenters. The molecule has 0 amide bonds. The fourth-order valence-corrected chi connectivity index (χ4v) is 10.6. The second-order valence-electron chi connectivity index (χ2n) is 17.0. The molecule has 0 aliphatic rings. The number of thiophene rings is 2. The van der Waals surface area contributed by atoms with Gasteiger partial charge >= 0.3 is 11.9 Å². The van der Waals surface area contributed by atoms with E-state index in [-0.39, 0.29) is 33.6 Å². The summed E-state index contributed by atoms with van der Waals surface area (Å²) in [5.41, 5.74) is 1.87. The van der Waals surface area contributed by atoms with Gasteiger partial charge < -0.3 is 20.1 Å². The highest BCUT2D eigenvalue weighted by Gasteiger charge is 2.38. The Balaban J connectivity index is 1.34. The topological polar surface area (TPSA) is 76.7 Å². The molecule has 2 N–H and O–H groups in total. The molecule has 4 rings (SSSR count). The average molecular weight is 707 g/mol. The van der Waals surface area contributed by atoms with E-state index in [4.69, 9.17) is 9.47 Å². The third-order valence-electron chi connectivity index (χ3n) is 9.13. The van der Waals surface area contributed by atoms with Gasteiger partial charge in [-0.15, -0.1) is 22.7 Å². The number of nitrogens with one attached hydrogen (secondary N) is 2. The molecule has 0 fully saturated rings.